The zero-order valence-corrected chi connectivity index (χ0v) is 15.6. The highest BCUT2D eigenvalue weighted by atomic mass is 35.5. The maximum atomic E-state index is 9.62. The molecule has 0 fully saturated rings. The molecule has 26 heavy (non-hydrogen) atoms. The van der Waals surface area contributed by atoms with E-state index in [1.807, 2.05) is 24.3 Å². The summed E-state index contributed by atoms with van der Waals surface area (Å²) in [5.41, 5.74) is 8.74. The minimum atomic E-state index is -0.0500. The molecule has 0 aromatic heterocycles. The summed E-state index contributed by atoms with van der Waals surface area (Å²) in [6.45, 7) is 0.133. The van der Waals surface area contributed by atoms with Crippen LogP contribution in [0.3, 0.4) is 0 Å². The van der Waals surface area contributed by atoms with Gasteiger partial charge >= 0.3 is 0 Å². The number of fused-ring (bicyclic) bond motifs is 1. The Bertz CT molecular complexity index is 832. The van der Waals surface area contributed by atoms with Gasteiger partial charge in [-0.05, 0) is 34.7 Å². The minimum Gasteiger partial charge on any atom is -0.396 e. The van der Waals surface area contributed by atoms with Crippen molar-refractivity contribution in [2.24, 2.45) is 11.7 Å². The Labute approximate surface area is 161 Å². The van der Waals surface area contributed by atoms with Crippen molar-refractivity contribution < 1.29 is 5.11 Å². The van der Waals surface area contributed by atoms with E-state index in [2.05, 4.69) is 60.7 Å². The SMILES string of the molecule is Cl.NC(/C=C/C(CO)Cc1ccccc1)Cc1ccc2ccccc2c1. The molecule has 0 amide bonds. The molecule has 0 spiro atoms. The highest BCUT2D eigenvalue weighted by Crippen LogP contribution is 2.17. The van der Waals surface area contributed by atoms with Crippen LogP contribution >= 0.6 is 12.4 Å². The van der Waals surface area contributed by atoms with Gasteiger partial charge < -0.3 is 10.8 Å². The van der Waals surface area contributed by atoms with Crippen molar-refractivity contribution in [1.29, 1.82) is 0 Å². The van der Waals surface area contributed by atoms with Crippen LogP contribution in [0.5, 0.6) is 0 Å². The average Bonchev–Trinajstić information content (AvgIpc) is 2.66. The molecule has 0 bridgehead atoms. The summed E-state index contributed by atoms with van der Waals surface area (Å²) in [5, 5.41) is 12.1. The Morgan fingerprint density at radius 2 is 1.46 bits per heavy atom. The van der Waals surface area contributed by atoms with Crippen LogP contribution in [-0.2, 0) is 12.8 Å². The summed E-state index contributed by atoms with van der Waals surface area (Å²) in [6.07, 6.45) is 5.71. The van der Waals surface area contributed by atoms with Gasteiger partial charge in [0.25, 0.3) is 0 Å². The lowest BCUT2D eigenvalue weighted by Gasteiger charge is -2.12. The Morgan fingerprint density at radius 3 is 2.19 bits per heavy atom. The number of aliphatic hydroxyl groups is 1. The van der Waals surface area contributed by atoms with Gasteiger partial charge in [-0.3, -0.25) is 0 Å². The third-order valence-electron chi connectivity index (χ3n) is 4.49. The van der Waals surface area contributed by atoms with Gasteiger partial charge in [0.1, 0.15) is 0 Å². The number of benzene rings is 3. The first-order chi connectivity index (χ1) is 12.2. The molecule has 3 aromatic rings. The van der Waals surface area contributed by atoms with Gasteiger partial charge in [0.05, 0.1) is 0 Å². The van der Waals surface area contributed by atoms with E-state index < -0.39 is 0 Å². The van der Waals surface area contributed by atoms with Crippen LogP contribution in [0.4, 0.5) is 0 Å². The fourth-order valence-electron chi connectivity index (χ4n) is 3.12. The number of hydrogen-bond donors (Lipinski definition) is 2. The van der Waals surface area contributed by atoms with Crippen LogP contribution in [0, 0.1) is 5.92 Å². The van der Waals surface area contributed by atoms with Gasteiger partial charge in [-0.25, -0.2) is 0 Å². The number of rotatable bonds is 7. The summed E-state index contributed by atoms with van der Waals surface area (Å²) in [6, 6.07) is 25.0. The summed E-state index contributed by atoms with van der Waals surface area (Å²) < 4.78 is 0. The van der Waals surface area contributed by atoms with Crippen molar-refractivity contribution in [3.05, 3.63) is 96.1 Å². The Hall–Kier alpha value is -2.13. The third kappa shape index (κ3) is 5.70. The molecule has 3 aromatic carbocycles. The van der Waals surface area contributed by atoms with E-state index in [0.717, 1.165) is 12.8 Å². The molecule has 3 rings (SSSR count). The molecule has 136 valence electrons. The smallest absolute Gasteiger partial charge is 0.0497 e. The molecular weight excluding hydrogens is 342 g/mol. The van der Waals surface area contributed by atoms with Crippen LogP contribution < -0.4 is 5.73 Å². The largest absolute Gasteiger partial charge is 0.396 e. The predicted octanol–water partition coefficient (Wildman–Crippen LogP) is 4.54. The summed E-state index contributed by atoms with van der Waals surface area (Å²) in [4.78, 5) is 0. The number of halogens is 1. The molecule has 0 aliphatic carbocycles. The number of aliphatic hydroxyl groups excluding tert-OH is 1. The fourth-order valence-corrected chi connectivity index (χ4v) is 3.12. The van der Waals surface area contributed by atoms with Crippen molar-refractivity contribution >= 4 is 23.2 Å². The topological polar surface area (TPSA) is 46.2 Å². The van der Waals surface area contributed by atoms with Crippen molar-refractivity contribution in [3.63, 3.8) is 0 Å². The van der Waals surface area contributed by atoms with E-state index >= 15 is 0 Å². The van der Waals surface area contributed by atoms with E-state index in [1.54, 1.807) is 0 Å². The van der Waals surface area contributed by atoms with Crippen LogP contribution in [0.25, 0.3) is 10.8 Å². The number of hydrogen-bond acceptors (Lipinski definition) is 2. The maximum absolute atomic E-state index is 9.62. The van der Waals surface area contributed by atoms with Gasteiger partial charge in [-0.2, -0.15) is 0 Å². The third-order valence-corrected chi connectivity index (χ3v) is 4.49. The van der Waals surface area contributed by atoms with Crippen molar-refractivity contribution in [2.75, 3.05) is 6.61 Å². The second-order valence-electron chi connectivity index (χ2n) is 6.57. The first kappa shape index (κ1) is 20.2. The van der Waals surface area contributed by atoms with Crippen LogP contribution in [0.2, 0.25) is 0 Å². The maximum Gasteiger partial charge on any atom is 0.0497 e. The lowest BCUT2D eigenvalue weighted by atomic mass is 9.97. The normalized spacial score (nSPS) is 13.5. The van der Waals surface area contributed by atoms with Gasteiger partial charge in [0.15, 0.2) is 0 Å². The van der Waals surface area contributed by atoms with Crippen molar-refractivity contribution in [3.8, 4) is 0 Å². The van der Waals surface area contributed by atoms with Gasteiger partial charge in [-0.1, -0.05) is 84.9 Å². The lowest BCUT2D eigenvalue weighted by Crippen LogP contribution is -2.20. The predicted molar refractivity (Wildman–Crippen MR) is 113 cm³/mol. The summed E-state index contributed by atoms with van der Waals surface area (Å²) >= 11 is 0. The zero-order chi connectivity index (χ0) is 17.5. The molecular formula is C23H26ClNO. The van der Waals surface area contributed by atoms with Gasteiger partial charge in [0.2, 0.25) is 0 Å². The number of nitrogens with two attached hydrogens (primary N) is 1. The molecule has 0 heterocycles. The van der Waals surface area contributed by atoms with Crippen molar-refractivity contribution in [2.45, 2.75) is 18.9 Å². The van der Waals surface area contributed by atoms with Gasteiger partial charge in [-0.15, -0.1) is 12.4 Å². The van der Waals surface area contributed by atoms with Gasteiger partial charge in [0, 0.05) is 18.6 Å². The van der Waals surface area contributed by atoms with Crippen molar-refractivity contribution in [1.82, 2.24) is 0 Å². The fraction of sp³-hybridized carbons (Fsp3) is 0.217. The lowest BCUT2D eigenvalue weighted by molar-refractivity contribution is 0.252. The molecule has 3 N–H and O–H groups in total. The average molecular weight is 368 g/mol. The molecule has 2 atom stereocenters. The van der Waals surface area contributed by atoms with E-state index in [0.29, 0.717) is 0 Å². The van der Waals surface area contributed by atoms with E-state index in [1.165, 1.54) is 21.9 Å². The van der Waals surface area contributed by atoms with Crippen LogP contribution in [0.15, 0.2) is 84.9 Å². The standard InChI is InChI=1S/C23H25NO.ClH/c24-23(13-11-20(17-25)14-18-6-2-1-3-7-18)16-19-10-12-21-8-4-5-9-22(21)15-19;/h1-13,15,20,23,25H,14,16-17,24H2;1H/b13-11+;. The molecule has 0 saturated heterocycles. The Balaban J connectivity index is 0.00000243. The van der Waals surface area contributed by atoms with E-state index in [9.17, 15) is 5.11 Å². The first-order valence-corrected chi connectivity index (χ1v) is 8.81. The van der Waals surface area contributed by atoms with E-state index in [-0.39, 0.29) is 31.0 Å². The quantitative estimate of drug-likeness (QED) is 0.602. The molecule has 0 aliphatic heterocycles. The highest BCUT2D eigenvalue weighted by Gasteiger charge is 2.07. The molecule has 0 saturated carbocycles. The molecule has 2 nitrogen and oxygen atoms in total. The highest BCUT2D eigenvalue weighted by molar-refractivity contribution is 5.85. The Kier molecular flexibility index (Phi) is 7.86. The monoisotopic (exact) mass is 367 g/mol. The minimum absolute atomic E-state index is 0. The summed E-state index contributed by atoms with van der Waals surface area (Å²) in [5.74, 6) is 0.102. The second kappa shape index (κ2) is 10.1. The second-order valence-corrected chi connectivity index (χ2v) is 6.57. The molecule has 3 heteroatoms. The van der Waals surface area contributed by atoms with Crippen LogP contribution in [0.1, 0.15) is 11.1 Å². The Morgan fingerprint density at radius 1 is 0.769 bits per heavy atom. The summed E-state index contributed by atoms with van der Waals surface area (Å²) in [7, 11) is 0. The van der Waals surface area contributed by atoms with Crippen LogP contribution in [-0.4, -0.2) is 17.8 Å². The molecule has 0 radical (unpaired) electrons. The first-order valence-electron chi connectivity index (χ1n) is 8.81. The zero-order valence-electron chi connectivity index (χ0n) is 14.8. The molecule has 2 unspecified atom stereocenters. The molecule has 0 aliphatic rings. The van der Waals surface area contributed by atoms with E-state index in [4.69, 9.17) is 5.73 Å².